The number of hydrogen-bond acceptors (Lipinski definition) is 7. The number of aromatic nitrogens is 3. The number of para-hydroxylation sites is 1. The minimum Gasteiger partial charge on any atom is -0.480 e. The van der Waals surface area contributed by atoms with Crippen molar-refractivity contribution < 1.29 is 29.1 Å². The number of nitrogens with two attached hydrogens (primary N) is 2. The van der Waals surface area contributed by atoms with E-state index in [9.17, 15) is 29.1 Å². The van der Waals surface area contributed by atoms with Gasteiger partial charge in [0.05, 0.1) is 18.8 Å². The number of carboxylic acids is 1. The molecule has 1 aromatic carbocycles. The summed E-state index contributed by atoms with van der Waals surface area (Å²) < 4.78 is 0. The van der Waals surface area contributed by atoms with Crippen molar-refractivity contribution >= 4 is 40.5 Å². The molecule has 3 aromatic rings. The van der Waals surface area contributed by atoms with E-state index in [2.05, 4.69) is 30.9 Å². The third-order valence-electron chi connectivity index (χ3n) is 6.43. The first kappa shape index (κ1) is 30.8. The number of hydrogen-bond donors (Lipinski definition) is 8. The van der Waals surface area contributed by atoms with Crippen LogP contribution in [0.15, 0.2) is 43.0 Å². The molecule has 10 N–H and O–H groups in total. The van der Waals surface area contributed by atoms with E-state index < -0.39 is 60.2 Å². The zero-order valence-corrected chi connectivity index (χ0v) is 22.8. The van der Waals surface area contributed by atoms with E-state index in [1.54, 1.807) is 6.20 Å². The number of amides is 4. The number of H-pyrrole nitrogens is 2. The Morgan fingerprint density at radius 3 is 2.22 bits per heavy atom. The molecule has 0 aliphatic heterocycles. The molecule has 14 heteroatoms. The Kier molecular flexibility index (Phi) is 10.6. The van der Waals surface area contributed by atoms with Crippen molar-refractivity contribution in [3.63, 3.8) is 0 Å². The number of fused-ring (bicyclic) bond motifs is 1. The number of aliphatic carboxylic acids is 1. The fraction of sp³-hybridized carbons (Fsp3) is 0.407. The summed E-state index contributed by atoms with van der Waals surface area (Å²) in [5, 5.41) is 18.0. The molecule has 4 atom stereocenters. The van der Waals surface area contributed by atoms with E-state index in [1.807, 2.05) is 38.1 Å². The third-order valence-corrected chi connectivity index (χ3v) is 6.43. The number of aromatic amines is 2. The van der Waals surface area contributed by atoms with E-state index >= 15 is 0 Å². The molecule has 14 nitrogen and oxygen atoms in total. The fourth-order valence-corrected chi connectivity index (χ4v) is 4.39. The maximum Gasteiger partial charge on any atom is 0.326 e. The number of rotatable bonds is 15. The molecule has 0 aliphatic carbocycles. The van der Waals surface area contributed by atoms with Crippen LogP contribution in [0.25, 0.3) is 10.9 Å². The van der Waals surface area contributed by atoms with Crippen LogP contribution >= 0.6 is 0 Å². The minimum atomic E-state index is -1.41. The predicted octanol–water partition coefficient (Wildman–Crippen LogP) is -0.536. The molecule has 0 saturated heterocycles. The highest BCUT2D eigenvalue weighted by Gasteiger charge is 2.32. The second-order valence-electron chi connectivity index (χ2n) is 10.3. The van der Waals surface area contributed by atoms with E-state index in [0.717, 1.165) is 10.9 Å². The van der Waals surface area contributed by atoms with Crippen molar-refractivity contribution in [3.05, 3.63) is 54.2 Å². The molecule has 0 spiro atoms. The van der Waals surface area contributed by atoms with Crippen LogP contribution in [0, 0.1) is 5.92 Å². The van der Waals surface area contributed by atoms with Crippen LogP contribution in [0.1, 0.15) is 37.9 Å². The van der Waals surface area contributed by atoms with Gasteiger partial charge in [-0.3, -0.25) is 19.2 Å². The summed E-state index contributed by atoms with van der Waals surface area (Å²) in [5.74, 6) is -4.32. The summed E-state index contributed by atoms with van der Waals surface area (Å²) in [6, 6.07) is 2.39. The quantitative estimate of drug-likeness (QED) is 0.118. The molecule has 41 heavy (non-hydrogen) atoms. The number of carboxylic acid groups (broad SMARTS) is 1. The van der Waals surface area contributed by atoms with Gasteiger partial charge >= 0.3 is 5.97 Å². The molecule has 3 rings (SSSR count). The van der Waals surface area contributed by atoms with E-state index in [0.29, 0.717) is 17.7 Å². The lowest BCUT2D eigenvalue weighted by molar-refractivity contribution is -0.142. The van der Waals surface area contributed by atoms with Gasteiger partial charge in [-0.15, -0.1) is 0 Å². The second-order valence-corrected chi connectivity index (χ2v) is 10.3. The van der Waals surface area contributed by atoms with Gasteiger partial charge in [-0.2, -0.15) is 0 Å². The van der Waals surface area contributed by atoms with E-state index in [1.165, 1.54) is 12.5 Å². The summed E-state index contributed by atoms with van der Waals surface area (Å²) in [4.78, 5) is 72.9. The molecule has 0 saturated carbocycles. The molecule has 4 amide bonds. The highest BCUT2D eigenvalue weighted by Crippen LogP contribution is 2.19. The molecule has 2 heterocycles. The van der Waals surface area contributed by atoms with Gasteiger partial charge in [0.25, 0.3) is 0 Å². The Bertz CT molecular complexity index is 1370. The summed E-state index contributed by atoms with van der Waals surface area (Å²) in [6.07, 6.45) is 4.21. The average molecular weight is 569 g/mol. The number of imidazole rings is 1. The zero-order valence-electron chi connectivity index (χ0n) is 22.8. The van der Waals surface area contributed by atoms with Gasteiger partial charge in [-0.25, -0.2) is 9.78 Å². The summed E-state index contributed by atoms with van der Waals surface area (Å²) in [6.45, 7) is 3.76. The van der Waals surface area contributed by atoms with Crippen molar-refractivity contribution in [3.8, 4) is 0 Å². The Morgan fingerprint density at radius 1 is 0.927 bits per heavy atom. The van der Waals surface area contributed by atoms with Crippen molar-refractivity contribution in [2.45, 2.75) is 63.7 Å². The minimum absolute atomic E-state index is 0.0257. The monoisotopic (exact) mass is 568 g/mol. The molecule has 0 radical (unpaired) electrons. The van der Waals surface area contributed by atoms with Gasteiger partial charge in [0.1, 0.15) is 18.1 Å². The topological polar surface area (TPSA) is 238 Å². The van der Waals surface area contributed by atoms with Crippen molar-refractivity contribution in [2.75, 3.05) is 0 Å². The first-order valence-corrected chi connectivity index (χ1v) is 13.1. The summed E-state index contributed by atoms with van der Waals surface area (Å²) in [5.41, 5.74) is 13.2. The molecule has 220 valence electrons. The number of primary amides is 1. The summed E-state index contributed by atoms with van der Waals surface area (Å²) >= 11 is 0. The maximum atomic E-state index is 13.5. The Balaban J connectivity index is 1.85. The number of carbonyl (C=O) groups is 5. The van der Waals surface area contributed by atoms with Crippen LogP contribution in [0.3, 0.4) is 0 Å². The van der Waals surface area contributed by atoms with E-state index in [4.69, 9.17) is 11.5 Å². The van der Waals surface area contributed by atoms with Crippen molar-refractivity contribution in [1.82, 2.24) is 30.9 Å². The van der Waals surface area contributed by atoms with Crippen molar-refractivity contribution in [2.24, 2.45) is 17.4 Å². The van der Waals surface area contributed by atoms with Gasteiger partial charge < -0.3 is 42.5 Å². The van der Waals surface area contributed by atoms with Gasteiger partial charge in [-0.1, -0.05) is 32.0 Å². The predicted molar refractivity (Wildman–Crippen MR) is 149 cm³/mol. The van der Waals surface area contributed by atoms with Crippen LogP contribution < -0.4 is 27.4 Å². The zero-order chi connectivity index (χ0) is 30.1. The summed E-state index contributed by atoms with van der Waals surface area (Å²) in [7, 11) is 0. The molecule has 0 fully saturated rings. The lowest BCUT2D eigenvalue weighted by Crippen LogP contribution is -2.58. The average Bonchev–Trinajstić information content (AvgIpc) is 3.56. The van der Waals surface area contributed by atoms with Crippen LogP contribution in [-0.4, -0.2) is 73.8 Å². The van der Waals surface area contributed by atoms with Crippen LogP contribution in [-0.2, 0) is 36.8 Å². The standard InChI is InChI=1S/C27H36N8O6/c1-14(2)7-18(28)24(37)33-21(10-23(29)36)26(39)34-20(8-15-11-31-19-6-4-3-5-17(15)19)25(38)35-22(27(40)41)9-16-12-30-13-32-16/h3-6,11-14,18,20-22,31H,7-10,28H2,1-2H3,(H2,29,36)(H,30,32)(H,33,37)(H,34,39)(H,35,38)(H,40,41). The van der Waals surface area contributed by atoms with Crippen LogP contribution in [0.2, 0.25) is 0 Å². The third kappa shape index (κ3) is 8.89. The first-order chi connectivity index (χ1) is 19.4. The Morgan fingerprint density at radius 2 is 1.59 bits per heavy atom. The number of nitrogens with zero attached hydrogens (tertiary/aromatic N) is 1. The Labute approximate surface area is 236 Å². The molecular weight excluding hydrogens is 532 g/mol. The smallest absolute Gasteiger partial charge is 0.326 e. The number of benzene rings is 1. The first-order valence-electron chi connectivity index (χ1n) is 13.1. The highest BCUT2D eigenvalue weighted by molar-refractivity contribution is 5.96. The fourth-order valence-electron chi connectivity index (χ4n) is 4.39. The van der Waals surface area contributed by atoms with Gasteiger partial charge in [0.15, 0.2) is 0 Å². The van der Waals surface area contributed by atoms with Gasteiger partial charge in [0.2, 0.25) is 23.6 Å². The maximum absolute atomic E-state index is 13.5. The number of nitrogens with one attached hydrogen (secondary N) is 5. The van der Waals surface area contributed by atoms with Gasteiger partial charge in [0, 0.05) is 41.8 Å². The highest BCUT2D eigenvalue weighted by atomic mass is 16.4. The van der Waals surface area contributed by atoms with E-state index in [-0.39, 0.29) is 18.8 Å². The molecular formula is C27H36N8O6. The van der Waals surface area contributed by atoms with Gasteiger partial charge in [-0.05, 0) is 24.0 Å². The van der Waals surface area contributed by atoms with Crippen LogP contribution in [0.4, 0.5) is 0 Å². The van der Waals surface area contributed by atoms with Crippen LogP contribution in [0.5, 0.6) is 0 Å². The Hall–Kier alpha value is -4.72. The molecule has 4 unspecified atom stereocenters. The number of carbonyl (C=O) groups excluding carboxylic acids is 4. The SMILES string of the molecule is CC(C)CC(N)C(=O)NC(CC(N)=O)C(=O)NC(Cc1c[nH]c2ccccc12)C(=O)NC(Cc1cnc[nH]1)C(=O)O. The van der Waals surface area contributed by atoms with Crippen molar-refractivity contribution in [1.29, 1.82) is 0 Å². The second kappa shape index (κ2) is 14.1. The molecule has 0 aliphatic rings. The molecule has 0 bridgehead atoms. The lowest BCUT2D eigenvalue weighted by Gasteiger charge is -2.25. The largest absolute Gasteiger partial charge is 0.480 e. The normalized spacial score (nSPS) is 14.1. The molecule has 2 aromatic heterocycles. The lowest BCUT2D eigenvalue weighted by atomic mass is 10.0.